The Morgan fingerprint density at radius 1 is 1.04 bits per heavy atom. The minimum Gasteiger partial charge on any atom is -0.352 e. The average Bonchev–Trinajstić information content (AvgIpc) is 2.57. The molecule has 0 spiro atoms. The monoisotopic (exact) mass is 367 g/mol. The maximum atomic E-state index is 5.89. The highest BCUT2D eigenvalue weighted by Gasteiger charge is 2.12. The van der Waals surface area contributed by atoms with Gasteiger partial charge in [0.15, 0.2) is 5.17 Å². The molecule has 0 saturated carbocycles. The lowest BCUT2D eigenvalue weighted by atomic mass is 10.2. The first kappa shape index (κ1) is 18.1. The maximum Gasteiger partial charge on any atom is 0.159 e. The minimum absolute atomic E-state index is 0. The van der Waals surface area contributed by atoms with Crippen molar-refractivity contribution in [1.82, 2.24) is 10.2 Å². The quantitative estimate of drug-likeness (QED) is 0.868. The number of nitrogens with zero attached hydrogens (tertiary/aromatic N) is 2. The van der Waals surface area contributed by atoms with Crippen molar-refractivity contribution in [1.29, 1.82) is 0 Å². The summed E-state index contributed by atoms with van der Waals surface area (Å²) >= 11 is 7.63. The first-order valence-corrected chi connectivity index (χ1v) is 8.58. The van der Waals surface area contributed by atoms with E-state index in [0.29, 0.717) is 0 Å². The third-order valence-electron chi connectivity index (χ3n) is 3.41. The van der Waals surface area contributed by atoms with Crippen LogP contribution >= 0.6 is 35.8 Å². The molecule has 6 heteroatoms. The van der Waals surface area contributed by atoms with Crippen molar-refractivity contribution in [3.63, 3.8) is 0 Å². The molecule has 3 rings (SSSR count). The van der Waals surface area contributed by atoms with Gasteiger partial charge in [-0.25, -0.2) is 4.99 Å². The van der Waals surface area contributed by atoms with Gasteiger partial charge in [0.25, 0.3) is 0 Å². The van der Waals surface area contributed by atoms with E-state index in [1.54, 1.807) is 11.8 Å². The van der Waals surface area contributed by atoms with Gasteiger partial charge in [0, 0.05) is 17.3 Å². The van der Waals surface area contributed by atoms with E-state index in [9.17, 15) is 0 Å². The minimum atomic E-state index is 0. The SMILES string of the molecule is Cl.Clc1ccc(CSC2=NCN(Cc3ccccc3)CN2)cc1. The summed E-state index contributed by atoms with van der Waals surface area (Å²) in [6, 6.07) is 18.4. The van der Waals surface area contributed by atoms with Gasteiger partial charge >= 0.3 is 0 Å². The summed E-state index contributed by atoms with van der Waals surface area (Å²) in [5.74, 6) is 0.904. The Balaban J connectivity index is 0.00000192. The van der Waals surface area contributed by atoms with Crippen molar-refractivity contribution in [2.45, 2.75) is 12.3 Å². The van der Waals surface area contributed by atoms with Crippen molar-refractivity contribution >= 4 is 40.9 Å². The van der Waals surface area contributed by atoms with Crippen LogP contribution in [0.3, 0.4) is 0 Å². The van der Waals surface area contributed by atoms with Gasteiger partial charge in [-0.3, -0.25) is 4.90 Å². The zero-order valence-electron chi connectivity index (χ0n) is 12.6. The van der Waals surface area contributed by atoms with Gasteiger partial charge in [0.1, 0.15) is 0 Å². The van der Waals surface area contributed by atoms with Crippen LogP contribution in [0.1, 0.15) is 11.1 Å². The van der Waals surface area contributed by atoms with Crippen molar-refractivity contribution in [3.8, 4) is 0 Å². The van der Waals surface area contributed by atoms with Crippen LogP contribution in [0.25, 0.3) is 0 Å². The molecule has 0 aromatic heterocycles. The van der Waals surface area contributed by atoms with Crippen molar-refractivity contribution in [2.24, 2.45) is 4.99 Å². The Hall–Kier alpha value is -1.20. The van der Waals surface area contributed by atoms with Crippen LogP contribution in [0, 0.1) is 0 Å². The smallest absolute Gasteiger partial charge is 0.159 e. The molecule has 1 aliphatic heterocycles. The number of hydrogen-bond acceptors (Lipinski definition) is 4. The molecule has 0 radical (unpaired) electrons. The van der Waals surface area contributed by atoms with Crippen LogP contribution in [0.2, 0.25) is 5.02 Å². The van der Waals surface area contributed by atoms with E-state index in [0.717, 1.165) is 35.8 Å². The van der Waals surface area contributed by atoms with E-state index < -0.39 is 0 Å². The predicted molar refractivity (Wildman–Crippen MR) is 102 cm³/mol. The van der Waals surface area contributed by atoms with Gasteiger partial charge in [0.05, 0.1) is 13.3 Å². The first-order chi connectivity index (χ1) is 10.8. The van der Waals surface area contributed by atoms with Crippen LogP contribution in [0.5, 0.6) is 0 Å². The highest BCUT2D eigenvalue weighted by Crippen LogP contribution is 2.17. The predicted octanol–water partition coefficient (Wildman–Crippen LogP) is 4.37. The lowest BCUT2D eigenvalue weighted by molar-refractivity contribution is 0.258. The van der Waals surface area contributed by atoms with E-state index in [-0.39, 0.29) is 12.4 Å². The number of nitrogens with one attached hydrogen (secondary N) is 1. The van der Waals surface area contributed by atoms with Gasteiger partial charge in [-0.05, 0) is 23.3 Å². The summed E-state index contributed by atoms with van der Waals surface area (Å²) in [5, 5.41) is 5.17. The number of hydrogen-bond donors (Lipinski definition) is 1. The van der Waals surface area contributed by atoms with Crippen molar-refractivity contribution in [3.05, 3.63) is 70.7 Å². The second-order valence-electron chi connectivity index (χ2n) is 5.17. The molecule has 1 aliphatic rings. The first-order valence-electron chi connectivity index (χ1n) is 7.21. The van der Waals surface area contributed by atoms with Crippen LogP contribution in [-0.4, -0.2) is 23.4 Å². The van der Waals surface area contributed by atoms with Crippen LogP contribution < -0.4 is 5.32 Å². The molecule has 0 atom stereocenters. The molecule has 0 amide bonds. The standard InChI is InChI=1S/C17H18ClN3S.ClH/c18-16-8-6-15(7-9-16)11-22-17-19-12-21(13-20-17)10-14-4-2-1-3-5-14;/h1-9H,10-13H2,(H,19,20);1H. The van der Waals surface area contributed by atoms with E-state index in [2.05, 4.69) is 51.6 Å². The summed E-state index contributed by atoms with van der Waals surface area (Å²) < 4.78 is 0. The van der Waals surface area contributed by atoms with Crippen molar-refractivity contribution < 1.29 is 0 Å². The number of rotatable bonds is 4. The third-order valence-corrected chi connectivity index (χ3v) is 4.68. The summed E-state index contributed by atoms with van der Waals surface area (Å²) in [6.45, 7) is 2.50. The lowest BCUT2D eigenvalue weighted by Crippen LogP contribution is -2.41. The van der Waals surface area contributed by atoms with E-state index in [1.165, 1.54) is 11.1 Å². The summed E-state index contributed by atoms with van der Waals surface area (Å²) in [4.78, 5) is 6.89. The molecule has 23 heavy (non-hydrogen) atoms. The van der Waals surface area contributed by atoms with Crippen LogP contribution in [-0.2, 0) is 12.3 Å². The third kappa shape index (κ3) is 5.74. The fourth-order valence-electron chi connectivity index (χ4n) is 2.23. The van der Waals surface area contributed by atoms with Crippen LogP contribution in [0.4, 0.5) is 0 Å². The molecule has 1 heterocycles. The van der Waals surface area contributed by atoms with Gasteiger partial charge in [-0.15, -0.1) is 12.4 Å². The van der Waals surface area contributed by atoms with Gasteiger partial charge < -0.3 is 5.32 Å². The topological polar surface area (TPSA) is 27.6 Å². The Bertz CT molecular complexity index is 632. The Kier molecular flexibility index (Phi) is 7.24. The second-order valence-corrected chi connectivity index (χ2v) is 6.57. The number of amidine groups is 1. The lowest BCUT2D eigenvalue weighted by Gasteiger charge is -2.26. The molecule has 0 unspecified atom stereocenters. The second kappa shape index (κ2) is 9.18. The molecule has 0 fully saturated rings. The van der Waals surface area contributed by atoms with Crippen LogP contribution in [0.15, 0.2) is 59.6 Å². The zero-order chi connectivity index (χ0) is 15.2. The molecule has 0 bridgehead atoms. The van der Waals surface area contributed by atoms with E-state index in [1.807, 2.05) is 18.2 Å². The molecule has 2 aromatic rings. The Morgan fingerprint density at radius 2 is 1.78 bits per heavy atom. The maximum absolute atomic E-state index is 5.89. The highest BCUT2D eigenvalue weighted by molar-refractivity contribution is 8.13. The molecular formula is C17H19Cl2N3S. The largest absolute Gasteiger partial charge is 0.352 e. The molecule has 0 saturated heterocycles. The zero-order valence-corrected chi connectivity index (χ0v) is 15.0. The van der Waals surface area contributed by atoms with Gasteiger partial charge in [0.2, 0.25) is 0 Å². The normalized spacial score (nSPS) is 14.6. The highest BCUT2D eigenvalue weighted by atomic mass is 35.5. The summed E-state index contributed by atoms with van der Waals surface area (Å²) in [5.41, 5.74) is 2.57. The number of aliphatic imine (C=N–C) groups is 1. The summed E-state index contributed by atoms with van der Waals surface area (Å²) in [7, 11) is 0. The fourth-order valence-corrected chi connectivity index (χ4v) is 3.16. The molecule has 3 nitrogen and oxygen atoms in total. The number of halogens is 2. The fraction of sp³-hybridized carbons (Fsp3) is 0.235. The Labute approximate surface area is 152 Å². The molecule has 0 aliphatic carbocycles. The Morgan fingerprint density at radius 3 is 2.43 bits per heavy atom. The molecule has 2 aromatic carbocycles. The molecule has 1 N–H and O–H groups in total. The number of thioether (sulfide) groups is 1. The van der Waals surface area contributed by atoms with Gasteiger partial charge in [-0.1, -0.05) is 65.8 Å². The summed E-state index contributed by atoms with van der Waals surface area (Å²) in [6.07, 6.45) is 0. The molecule has 122 valence electrons. The van der Waals surface area contributed by atoms with Crippen molar-refractivity contribution in [2.75, 3.05) is 13.3 Å². The molecular weight excluding hydrogens is 349 g/mol. The van der Waals surface area contributed by atoms with E-state index >= 15 is 0 Å². The number of benzene rings is 2. The van der Waals surface area contributed by atoms with Gasteiger partial charge in [-0.2, -0.15) is 0 Å². The average molecular weight is 368 g/mol. The van der Waals surface area contributed by atoms with E-state index in [4.69, 9.17) is 11.6 Å².